The van der Waals surface area contributed by atoms with E-state index in [-0.39, 0.29) is 6.04 Å². The van der Waals surface area contributed by atoms with Gasteiger partial charge >= 0.3 is 0 Å². The summed E-state index contributed by atoms with van der Waals surface area (Å²) in [7, 11) is 1.63. The molecule has 0 spiro atoms. The van der Waals surface area contributed by atoms with Gasteiger partial charge in [-0.2, -0.15) is 4.98 Å². The van der Waals surface area contributed by atoms with Gasteiger partial charge in [-0.3, -0.25) is 0 Å². The zero-order valence-electron chi connectivity index (χ0n) is 11.9. The van der Waals surface area contributed by atoms with Crippen molar-refractivity contribution in [3.05, 3.63) is 24.2 Å². The molecular formula is C14H18N4O3. The monoisotopic (exact) mass is 290 g/mol. The van der Waals surface area contributed by atoms with E-state index in [1.807, 2.05) is 6.07 Å². The van der Waals surface area contributed by atoms with Crippen LogP contribution in [0.5, 0.6) is 5.88 Å². The molecular weight excluding hydrogens is 272 g/mol. The number of hydrogen-bond acceptors (Lipinski definition) is 7. The topological polar surface area (TPSA) is 82.3 Å². The Labute approximate surface area is 122 Å². The molecule has 3 heterocycles. The Hall–Kier alpha value is -1.99. The van der Waals surface area contributed by atoms with Gasteiger partial charge in [-0.1, -0.05) is 5.16 Å². The van der Waals surface area contributed by atoms with Crippen LogP contribution >= 0.6 is 0 Å². The van der Waals surface area contributed by atoms with Crippen LogP contribution < -0.4 is 10.1 Å². The fourth-order valence-corrected chi connectivity index (χ4v) is 2.25. The first-order valence-electron chi connectivity index (χ1n) is 7.02. The third-order valence-corrected chi connectivity index (χ3v) is 3.33. The number of aromatic nitrogens is 3. The lowest BCUT2D eigenvalue weighted by molar-refractivity contribution is 0.144. The number of rotatable bonds is 6. The predicted molar refractivity (Wildman–Crippen MR) is 74.9 cm³/mol. The zero-order valence-corrected chi connectivity index (χ0v) is 11.9. The second kappa shape index (κ2) is 6.64. The van der Waals surface area contributed by atoms with E-state index in [1.54, 1.807) is 19.4 Å². The molecule has 0 bridgehead atoms. The summed E-state index contributed by atoms with van der Waals surface area (Å²) in [5.41, 5.74) is 0.824. The summed E-state index contributed by atoms with van der Waals surface area (Å²) in [6.07, 6.45) is 3.83. The highest BCUT2D eigenvalue weighted by molar-refractivity contribution is 5.55. The van der Waals surface area contributed by atoms with E-state index < -0.39 is 0 Å². The Kier molecular flexibility index (Phi) is 4.42. The maximum Gasteiger partial charge on any atom is 0.244 e. The first kappa shape index (κ1) is 14.0. The van der Waals surface area contributed by atoms with Crippen LogP contribution in [0.4, 0.5) is 0 Å². The predicted octanol–water partition coefficient (Wildman–Crippen LogP) is 1.58. The lowest BCUT2D eigenvalue weighted by Crippen LogP contribution is -2.12. The SMILES string of the molecule is COCCOc1cc(-c2noc([C@H]3CCCN3)n2)ccn1. The van der Waals surface area contributed by atoms with Gasteiger partial charge in [0.05, 0.1) is 12.6 Å². The Morgan fingerprint density at radius 2 is 2.38 bits per heavy atom. The summed E-state index contributed by atoms with van der Waals surface area (Å²) in [5.74, 6) is 1.72. The Morgan fingerprint density at radius 1 is 1.43 bits per heavy atom. The van der Waals surface area contributed by atoms with E-state index in [1.165, 1.54) is 0 Å². The molecule has 0 aromatic carbocycles. The van der Waals surface area contributed by atoms with Gasteiger partial charge in [-0.25, -0.2) is 4.98 Å². The van der Waals surface area contributed by atoms with Crippen molar-refractivity contribution in [3.8, 4) is 17.3 Å². The van der Waals surface area contributed by atoms with Crippen LogP contribution in [0.1, 0.15) is 24.8 Å². The fourth-order valence-electron chi connectivity index (χ4n) is 2.25. The molecule has 0 unspecified atom stereocenters. The molecule has 3 rings (SSSR count). The number of nitrogens with zero attached hydrogens (tertiary/aromatic N) is 3. The van der Waals surface area contributed by atoms with Gasteiger partial charge in [0.1, 0.15) is 6.61 Å². The highest BCUT2D eigenvalue weighted by Crippen LogP contribution is 2.25. The summed E-state index contributed by atoms with van der Waals surface area (Å²) in [6, 6.07) is 3.80. The van der Waals surface area contributed by atoms with Crippen molar-refractivity contribution >= 4 is 0 Å². The molecule has 1 saturated heterocycles. The molecule has 2 aromatic heterocycles. The van der Waals surface area contributed by atoms with Crippen molar-refractivity contribution in [1.29, 1.82) is 0 Å². The summed E-state index contributed by atoms with van der Waals surface area (Å²) in [5, 5.41) is 7.37. The molecule has 0 amide bonds. The zero-order chi connectivity index (χ0) is 14.5. The summed E-state index contributed by atoms with van der Waals surface area (Å²) in [6.45, 7) is 1.97. The van der Waals surface area contributed by atoms with Crippen LogP contribution in [0.15, 0.2) is 22.9 Å². The van der Waals surface area contributed by atoms with E-state index in [0.29, 0.717) is 30.8 Å². The van der Waals surface area contributed by atoms with Crippen LogP contribution in [0.3, 0.4) is 0 Å². The number of pyridine rings is 1. The van der Waals surface area contributed by atoms with E-state index in [0.717, 1.165) is 24.9 Å². The van der Waals surface area contributed by atoms with Crippen LogP contribution in [-0.4, -0.2) is 42.0 Å². The third-order valence-electron chi connectivity index (χ3n) is 3.33. The Balaban J connectivity index is 1.72. The average molecular weight is 290 g/mol. The number of nitrogens with one attached hydrogen (secondary N) is 1. The second-order valence-electron chi connectivity index (χ2n) is 4.83. The van der Waals surface area contributed by atoms with Crippen molar-refractivity contribution in [1.82, 2.24) is 20.4 Å². The molecule has 0 aliphatic carbocycles. The summed E-state index contributed by atoms with van der Waals surface area (Å²) >= 11 is 0. The van der Waals surface area contributed by atoms with E-state index in [9.17, 15) is 0 Å². The quantitative estimate of drug-likeness (QED) is 0.809. The Bertz CT molecular complexity index is 581. The lowest BCUT2D eigenvalue weighted by atomic mass is 10.2. The van der Waals surface area contributed by atoms with Crippen molar-refractivity contribution < 1.29 is 14.0 Å². The highest BCUT2D eigenvalue weighted by atomic mass is 16.5. The maximum absolute atomic E-state index is 5.48. The minimum atomic E-state index is 0.172. The second-order valence-corrected chi connectivity index (χ2v) is 4.83. The maximum atomic E-state index is 5.48. The molecule has 112 valence electrons. The summed E-state index contributed by atoms with van der Waals surface area (Å²) in [4.78, 5) is 8.60. The highest BCUT2D eigenvalue weighted by Gasteiger charge is 2.22. The van der Waals surface area contributed by atoms with Crippen LogP contribution in [0.25, 0.3) is 11.4 Å². The first-order valence-corrected chi connectivity index (χ1v) is 7.02. The van der Waals surface area contributed by atoms with Crippen molar-refractivity contribution in [2.45, 2.75) is 18.9 Å². The van der Waals surface area contributed by atoms with Gasteiger partial charge in [0.2, 0.25) is 17.6 Å². The van der Waals surface area contributed by atoms with Gasteiger partial charge in [-0.15, -0.1) is 0 Å². The average Bonchev–Trinajstić information content (AvgIpc) is 3.19. The molecule has 0 radical (unpaired) electrons. The molecule has 7 heteroatoms. The van der Waals surface area contributed by atoms with Crippen LogP contribution in [-0.2, 0) is 4.74 Å². The van der Waals surface area contributed by atoms with Gasteiger partial charge in [-0.05, 0) is 25.5 Å². The number of hydrogen-bond donors (Lipinski definition) is 1. The molecule has 21 heavy (non-hydrogen) atoms. The first-order chi connectivity index (χ1) is 10.4. The van der Waals surface area contributed by atoms with E-state index in [4.69, 9.17) is 14.0 Å². The standard InChI is InChI=1S/C14H18N4O3/c1-19-7-8-20-12-9-10(4-6-16-12)13-17-14(21-18-13)11-3-2-5-15-11/h4,6,9,11,15H,2-3,5,7-8H2,1H3/t11-/m1/s1. The molecule has 1 N–H and O–H groups in total. The van der Waals surface area contributed by atoms with E-state index in [2.05, 4.69) is 20.4 Å². The Morgan fingerprint density at radius 3 is 3.19 bits per heavy atom. The fraction of sp³-hybridized carbons (Fsp3) is 0.500. The molecule has 0 saturated carbocycles. The van der Waals surface area contributed by atoms with Gasteiger partial charge < -0.3 is 19.3 Å². The van der Waals surface area contributed by atoms with Gasteiger partial charge in [0.25, 0.3) is 0 Å². The van der Waals surface area contributed by atoms with Crippen molar-refractivity contribution in [2.75, 3.05) is 26.9 Å². The van der Waals surface area contributed by atoms with Gasteiger partial charge in [0.15, 0.2) is 0 Å². The largest absolute Gasteiger partial charge is 0.475 e. The van der Waals surface area contributed by atoms with E-state index >= 15 is 0 Å². The summed E-state index contributed by atoms with van der Waals surface area (Å²) < 4.78 is 15.8. The van der Waals surface area contributed by atoms with Crippen LogP contribution in [0, 0.1) is 0 Å². The minimum absolute atomic E-state index is 0.172. The third kappa shape index (κ3) is 3.37. The molecule has 1 atom stereocenters. The van der Waals surface area contributed by atoms with Crippen LogP contribution in [0.2, 0.25) is 0 Å². The minimum Gasteiger partial charge on any atom is -0.475 e. The van der Waals surface area contributed by atoms with Crippen molar-refractivity contribution in [2.24, 2.45) is 0 Å². The smallest absolute Gasteiger partial charge is 0.244 e. The lowest BCUT2D eigenvalue weighted by Gasteiger charge is -2.04. The van der Waals surface area contributed by atoms with Crippen molar-refractivity contribution in [3.63, 3.8) is 0 Å². The number of methoxy groups -OCH3 is 1. The molecule has 1 aliphatic heterocycles. The van der Waals surface area contributed by atoms with Gasteiger partial charge in [0, 0.05) is 24.9 Å². The molecule has 1 aliphatic rings. The molecule has 1 fully saturated rings. The number of ether oxygens (including phenoxy) is 2. The molecule has 2 aromatic rings. The normalized spacial score (nSPS) is 18.0. The molecule has 7 nitrogen and oxygen atoms in total.